The lowest BCUT2D eigenvalue weighted by Crippen LogP contribution is -2.49. The lowest BCUT2D eigenvalue weighted by molar-refractivity contribution is -0.135. The molecule has 1 aromatic rings. The number of carbonyl (C=O) groups excluding carboxylic acids is 4. The van der Waals surface area contributed by atoms with Crippen LogP contribution in [0, 0.1) is 30.1 Å². The first-order valence-corrected chi connectivity index (χ1v) is 12.5. The van der Waals surface area contributed by atoms with Crippen LogP contribution in [0.4, 0.5) is 0 Å². The van der Waals surface area contributed by atoms with E-state index in [0.29, 0.717) is 18.6 Å². The SMILES string of the molecule is COC[C@H](NC(=O)c1cc(C)on1)C(=O)C[C@@H](CC(C)C)C(=O)N[C@@H](CC(C)C)C(=O)C1(C)CC1. The van der Waals surface area contributed by atoms with E-state index in [0.717, 1.165) is 12.8 Å². The third kappa shape index (κ3) is 8.56. The summed E-state index contributed by atoms with van der Waals surface area (Å²) in [5.74, 6) is -0.854. The molecule has 3 atom stereocenters. The van der Waals surface area contributed by atoms with Gasteiger partial charge < -0.3 is 19.9 Å². The lowest BCUT2D eigenvalue weighted by Gasteiger charge is -2.26. The summed E-state index contributed by atoms with van der Waals surface area (Å²) in [4.78, 5) is 52.1. The molecule has 1 aromatic heterocycles. The molecule has 0 radical (unpaired) electrons. The Morgan fingerprint density at radius 1 is 1.06 bits per heavy atom. The number of amides is 2. The van der Waals surface area contributed by atoms with Gasteiger partial charge in [0.05, 0.1) is 12.6 Å². The molecule has 1 aliphatic carbocycles. The van der Waals surface area contributed by atoms with Gasteiger partial charge in [-0.15, -0.1) is 0 Å². The molecule has 0 saturated heterocycles. The second-order valence-corrected chi connectivity index (χ2v) is 10.9. The van der Waals surface area contributed by atoms with Gasteiger partial charge in [0, 0.05) is 30.9 Å². The molecule has 35 heavy (non-hydrogen) atoms. The van der Waals surface area contributed by atoms with E-state index in [-0.39, 0.29) is 53.4 Å². The molecule has 1 heterocycles. The van der Waals surface area contributed by atoms with E-state index in [1.807, 2.05) is 34.6 Å². The molecule has 0 unspecified atom stereocenters. The van der Waals surface area contributed by atoms with Crippen molar-refractivity contribution in [2.45, 2.75) is 85.7 Å². The summed E-state index contributed by atoms with van der Waals surface area (Å²) in [5.41, 5.74) is -0.291. The molecule has 1 fully saturated rings. The molecule has 0 spiro atoms. The van der Waals surface area contributed by atoms with Gasteiger partial charge in [-0.3, -0.25) is 19.2 Å². The molecule has 2 rings (SSSR count). The summed E-state index contributed by atoms with van der Waals surface area (Å²) < 4.78 is 10.1. The molecular weight excluding hydrogens is 450 g/mol. The minimum Gasteiger partial charge on any atom is -0.382 e. The zero-order chi connectivity index (χ0) is 26.3. The van der Waals surface area contributed by atoms with E-state index >= 15 is 0 Å². The molecule has 1 aliphatic rings. The monoisotopic (exact) mass is 491 g/mol. The first-order chi connectivity index (χ1) is 16.4. The molecule has 9 nitrogen and oxygen atoms in total. The van der Waals surface area contributed by atoms with Crippen LogP contribution in [-0.2, 0) is 19.1 Å². The quantitative estimate of drug-likeness (QED) is 0.385. The Morgan fingerprint density at radius 3 is 2.17 bits per heavy atom. The average molecular weight is 492 g/mol. The van der Waals surface area contributed by atoms with Crippen LogP contribution in [0.1, 0.15) is 83.0 Å². The topological polar surface area (TPSA) is 128 Å². The van der Waals surface area contributed by atoms with Crippen LogP contribution in [-0.4, -0.2) is 54.3 Å². The van der Waals surface area contributed by atoms with Crippen LogP contribution < -0.4 is 10.6 Å². The van der Waals surface area contributed by atoms with Crippen molar-refractivity contribution in [3.8, 4) is 0 Å². The van der Waals surface area contributed by atoms with Crippen molar-refractivity contribution in [2.75, 3.05) is 13.7 Å². The molecule has 0 bridgehead atoms. The predicted molar refractivity (Wildman–Crippen MR) is 131 cm³/mol. The number of ketones is 2. The van der Waals surface area contributed by atoms with Gasteiger partial charge in [-0.05, 0) is 44.4 Å². The number of methoxy groups -OCH3 is 1. The Kier molecular flexibility index (Phi) is 10.2. The maximum atomic E-state index is 13.3. The normalized spacial score (nSPS) is 17.1. The highest BCUT2D eigenvalue weighted by atomic mass is 16.5. The summed E-state index contributed by atoms with van der Waals surface area (Å²) in [6.45, 7) is 11.6. The van der Waals surface area contributed by atoms with E-state index in [1.54, 1.807) is 6.92 Å². The highest BCUT2D eigenvalue weighted by Crippen LogP contribution is 2.47. The van der Waals surface area contributed by atoms with E-state index in [9.17, 15) is 19.2 Å². The lowest BCUT2D eigenvalue weighted by atomic mass is 9.87. The number of hydrogen-bond donors (Lipinski definition) is 2. The Morgan fingerprint density at radius 2 is 1.69 bits per heavy atom. The minimum atomic E-state index is -0.939. The molecule has 2 N–H and O–H groups in total. The molecular formula is C26H41N3O6. The predicted octanol–water partition coefficient (Wildman–Crippen LogP) is 3.25. The maximum absolute atomic E-state index is 13.3. The van der Waals surface area contributed by atoms with Crippen LogP contribution in [0.5, 0.6) is 0 Å². The minimum absolute atomic E-state index is 0.0375. The van der Waals surface area contributed by atoms with Crippen molar-refractivity contribution in [1.29, 1.82) is 0 Å². The summed E-state index contributed by atoms with van der Waals surface area (Å²) in [6.07, 6.45) is 2.65. The highest BCUT2D eigenvalue weighted by molar-refractivity contribution is 5.98. The van der Waals surface area contributed by atoms with Gasteiger partial charge in [-0.1, -0.05) is 39.8 Å². The summed E-state index contributed by atoms with van der Waals surface area (Å²) in [5, 5.41) is 9.28. The number of nitrogens with zero attached hydrogens (tertiary/aromatic N) is 1. The maximum Gasteiger partial charge on any atom is 0.274 e. The summed E-state index contributed by atoms with van der Waals surface area (Å²) in [6, 6.07) is -0.0274. The van der Waals surface area contributed by atoms with E-state index in [1.165, 1.54) is 13.2 Å². The highest BCUT2D eigenvalue weighted by Gasteiger charge is 2.48. The second-order valence-electron chi connectivity index (χ2n) is 10.9. The molecule has 1 saturated carbocycles. The van der Waals surface area contributed by atoms with Crippen molar-refractivity contribution in [3.05, 3.63) is 17.5 Å². The van der Waals surface area contributed by atoms with E-state index in [4.69, 9.17) is 9.26 Å². The fourth-order valence-corrected chi connectivity index (χ4v) is 4.17. The van der Waals surface area contributed by atoms with Gasteiger partial charge >= 0.3 is 0 Å². The fourth-order valence-electron chi connectivity index (χ4n) is 4.17. The summed E-state index contributed by atoms with van der Waals surface area (Å²) in [7, 11) is 1.44. The number of ether oxygens (including phenoxy) is 1. The number of nitrogens with one attached hydrogen (secondary N) is 2. The number of aryl methyl sites for hydroxylation is 1. The number of hydrogen-bond acceptors (Lipinski definition) is 7. The van der Waals surface area contributed by atoms with Crippen LogP contribution in [0.3, 0.4) is 0 Å². The smallest absolute Gasteiger partial charge is 0.274 e. The van der Waals surface area contributed by atoms with E-state index in [2.05, 4.69) is 15.8 Å². The van der Waals surface area contributed by atoms with Crippen LogP contribution >= 0.6 is 0 Å². The van der Waals surface area contributed by atoms with Crippen LogP contribution in [0.25, 0.3) is 0 Å². The van der Waals surface area contributed by atoms with Crippen molar-refractivity contribution < 1.29 is 28.4 Å². The number of aromatic nitrogens is 1. The standard InChI is InChI=1S/C26H41N3O6/c1-15(2)10-18(24(32)27-19(11-16(3)4)23(31)26(6)8-9-26)13-22(30)21(14-34-7)28-25(33)20-12-17(5)35-29-20/h12,15-16,18-19,21H,8-11,13-14H2,1-7H3,(H,27,32)(H,28,33)/t18-,19+,21+/m1/s1. The van der Waals surface area contributed by atoms with Crippen molar-refractivity contribution in [2.24, 2.45) is 23.2 Å². The summed E-state index contributed by atoms with van der Waals surface area (Å²) >= 11 is 0. The van der Waals surface area contributed by atoms with Crippen molar-refractivity contribution in [3.63, 3.8) is 0 Å². The van der Waals surface area contributed by atoms with Gasteiger partial charge in [0.25, 0.3) is 5.91 Å². The average Bonchev–Trinajstić information content (AvgIpc) is 3.37. The third-order valence-electron chi connectivity index (χ3n) is 6.40. The van der Waals surface area contributed by atoms with Gasteiger partial charge in [0.1, 0.15) is 11.8 Å². The van der Waals surface area contributed by atoms with E-state index < -0.39 is 23.9 Å². The fraction of sp³-hybridized carbons (Fsp3) is 0.731. The van der Waals surface area contributed by atoms with Crippen LogP contribution in [0.2, 0.25) is 0 Å². The number of carbonyl (C=O) groups is 4. The number of Topliss-reactive ketones (excluding diaryl/α,β-unsaturated/α-hetero) is 2. The Balaban J connectivity index is 2.13. The molecule has 0 aromatic carbocycles. The Bertz CT molecular complexity index is 903. The third-order valence-corrected chi connectivity index (χ3v) is 6.40. The van der Waals surface area contributed by atoms with Gasteiger partial charge in [0.15, 0.2) is 17.3 Å². The second kappa shape index (κ2) is 12.4. The van der Waals surface area contributed by atoms with Gasteiger partial charge in [0.2, 0.25) is 5.91 Å². The Labute approximate surface area is 208 Å². The molecule has 9 heteroatoms. The largest absolute Gasteiger partial charge is 0.382 e. The number of rotatable bonds is 15. The van der Waals surface area contributed by atoms with Gasteiger partial charge in [-0.25, -0.2) is 0 Å². The van der Waals surface area contributed by atoms with Crippen molar-refractivity contribution >= 4 is 23.4 Å². The first-order valence-electron chi connectivity index (χ1n) is 12.5. The van der Waals surface area contributed by atoms with Crippen molar-refractivity contribution in [1.82, 2.24) is 15.8 Å². The first kappa shape index (κ1) is 28.7. The van der Waals surface area contributed by atoms with Gasteiger partial charge in [-0.2, -0.15) is 0 Å². The van der Waals surface area contributed by atoms with Crippen LogP contribution in [0.15, 0.2) is 10.6 Å². The molecule has 196 valence electrons. The Hall–Kier alpha value is -2.55. The molecule has 2 amide bonds. The zero-order valence-electron chi connectivity index (χ0n) is 22.1. The zero-order valence-corrected chi connectivity index (χ0v) is 22.1. The molecule has 0 aliphatic heterocycles.